The average molecular weight is 311 g/mol. The minimum absolute atomic E-state index is 0.0208. The third-order valence-electron chi connectivity index (χ3n) is 3.32. The van der Waals surface area contributed by atoms with Crippen LogP contribution in [0.15, 0.2) is 18.2 Å². The van der Waals surface area contributed by atoms with Gasteiger partial charge in [-0.05, 0) is 31.0 Å². The van der Waals surface area contributed by atoms with Crippen molar-refractivity contribution in [2.75, 3.05) is 18.9 Å². The highest BCUT2D eigenvalue weighted by Crippen LogP contribution is 2.19. The number of hydrogen-bond acceptors (Lipinski definition) is 3. The molecule has 114 valence electrons. The molecule has 0 radical (unpaired) electrons. The average Bonchev–Trinajstić information content (AvgIpc) is 2.44. The number of rotatable bonds is 3. The minimum atomic E-state index is -3.27. The first-order valence-electron chi connectivity index (χ1n) is 6.89. The molecule has 1 aromatic carbocycles. The lowest BCUT2D eigenvalue weighted by Gasteiger charge is -2.26. The van der Waals surface area contributed by atoms with Gasteiger partial charge in [0.2, 0.25) is 10.0 Å². The smallest absolute Gasteiger partial charge is 0.214 e. The van der Waals surface area contributed by atoms with Crippen molar-refractivity contribution in [3.05, 3.63) is 35.1 Å². The maximum atomic E-state index is 13.9. The first kappa shape index (κ1) is 16.0. The maximum absolute atomic E-state index is 13.9. The molecule has 21 heavy (non-hydrogen) atoms. The summed E-state index contributed by atoms with van der Waals surface area (Å²) in [6.07, 6.45) is 1.82. The number of sulfonamides is 1. The normalized spacial score (nSPS) is 18.0. The third-order valence-corrected chi connectivity index (χ3v) is 5.22. The van der Waals surface area contributed by atoms with Gasteiger partial charge < -0.3 is 5.11 Å². The molecule has 1 fully saturated rings. The molecule has 1 aromatic rings. The molecule has 1 aliphatic heterocycles. The quantitative estimate of drug-likeness (QED) is 0.860. The lowest BCUT2D eigenvalue weighted by atomic mass is 10.1. The molecular weight excluding hydrogens is 293 g/mol. The minimum Gasteiger partial charge on any atom is -0.395 e. The molecule has 0 amide bonds. The van der Waals surface area contributed by atoms with Crippen LogP contribution in [0.4, 0.5) is 4.39 Å². The van der Waals surface area contributed by atoms with Gasteiger partial charge in [-0.3, -0.25) is 0 Å². The van der Waals surface area contributed by atoms with Crippen LogP contribution in [0.2, 0.25) is 0 Å². The zero-order valence-electron chi connectivity index (χ0n) is 11.7. The first-order chi connectivity index (χ1) is 10.0. The van der Waals surface area contributed by atoms with Crippen LogP contribution < -0.4 is 0 Å². The molecule has 0 atom stereocenters. The van der Waals surface area contributed by atoms with Crippen LogP contribution in [0.3, 0.4) is 0 Å². The van der Waals surface area contributed by atoms with E-state index in [1.54, 1.807) is 12.1 Å². The summed E-state index contributed by atoms with van der Waals surface area (Å²) in [7, 11) is -3.27. The summed E-state index contributed by atoms with van der Waals surface area (Å²) in [5, 5.41) is 8.68. The second-order valence-corrected chi connectivity index (χ2v) is 7.03. The fourth-order valence-corrected chi connectivity index (χ4v) is 3.77. The van der Waals surface area contributed by atoms with E-state index in [2.05, 4.69) is 11.8 Å². The Morgan fingerprint density at radius 2 is 2.14 bits per heavy atom. The Balaban J connectivity index is 2.19. The zero-order chi connectivity index (χ0) is 15.3. The Kier molecular flexibility index (Phi) is 5.34. The maximum Gasteiger partial charge on any atom is 0.214 e. The molecule has 1 heterocycles. The number of halogens is 1. The lowest BCUT2D eigenvalue weighted by Crippen LogP contribution is -2.37. The van der Waals surface area contributed by atoms with Gasteiger partial charge in [0, 0.05) is 30.6 Å². The van der Waals surface area contributed by atoms with E-state index in [0.29, 0.717) is 30.5 Å². The molecule has 6 heteroatoms. The number of aliphatic hydroxyl groups is 1. The number of nitrogens with zero attached hydrogens (tertiary/aromatic N) is 1. The van der Waals surface area contributed by atoms with Crippen molar-refractivity contribution in [3.8, 4) is 11.8 Å². The number of aliphatic hydroxyl groups excluding tert-OH is 1. The summed E-state index contributed by atoms with van der Waals surface area (Å²) in [6, 6.07) is 4.42. The fourth-order valence-electron chi connectivity index (χ4n) is 2.20. The summed E-state index contributed by atoms with van der Waals surface area (Å²) < 4.78 is 39.1. The molecule has 2 rings (SSSR count). The van der Waals surface area contributed by atoms with E-state index in [1.165, 1.54) is 10.4 Å². The van der Waals surface area contributed by atoms with Crippen molar-refractivity contribution in [2.45, 2.75) is 25.8 Å². The van der Waals surface area contributed by atoms with Crippen molar-refractivity contribution in [1.29, 1.82) is 0 Å². The van der Waals surface area contributed by atoms with E-state index in [1.807, 2.05) is 0 Å². The van der Waals surface area contributed by atoms with Gasteiger partial charge in [-0.2, -0.15) is 4.31 Å². The molecule has 0 bridgehead atoms. The van der Waals surface area contributed by atoms with Gasteiger partial charge in [0.15, 0.2) is 0 Å². The zero-order valence-corrected chi connectivity index (χ0v) is 12.5. The van der Waals surface area contributed by atoms with E-state index >= 15 is 0 Å². The van der Waals surface area contributed by atoms with Crippen LogP contribution in [-0.2, 0) is 16.6 Å². The summed E-state index contributed by atoms with van der Waals surface area (Å²) in [5.41, 5.74) is 0.950. The summed E-state index contributed by atoms with van der Waals surface area (Å²) in [5.74, 6) is 5.29. The van der Waals surface area contributed by atoms with Gasteiger partial charge in [0.05, 0.1) is 12.4 Å². The molecule has 1 saturated heterocycles. The van der Waals surface area contributed by atoms with Crippen molar-refractivity contribution < 1.29 is 17.9 Å². The highest BCUT2D eigenvalue weighted by molar-refractivity contribution is 7.89. The monoisotopic (exact) mass is 311 g/mol. The van der Waals surface area contributed by atoms with Crippen LogP contribution in [0.1, 0.15) is 30.4 Å². The summed E-state index contributed by atoms with van der Waals surface area (Å²) in [4.78, 5) is 0. The van der Waals surface area contributed by atoms with Crippen molar-refractivity contribution in [1.82, 2.24) is 4.31 Å². The van der Waals surface area contributed by atoms with Gasteiger partial charge in [-0.25, -0.2) is 12.8 Å². The Hall–Kier alpha value is -1.42. The Bertz CT molecular complexity index is 661. The number of benzene rings is 1. The molecule has 0 aliphatic carbocycles. The number of hydrogen-bond donors (Lipinski definition) is 1. The third kappa shape index (κ3) is 4.27. The van der Waals surface area contributed by atoms with E-state index in [0.717, 1.165) is 6.42 Å². The molecule has 0 saturated carbocycles. The van der Waals surface area contributed by atoms with E-state index in [9.17, 15) is 12.8 Å². The standard InChI is InChI=1S/C15H18FNO3S/c16-15-7-6-13(5-1-3-9-18)11-14(15)12-17-8-2-4-10-21(17,19)20/h6-7,11,18H,2-4,8-10,12H2. The van der Waals surface area contributed by atoms with Crippen LogP contribution in [0.5, 0.6) is 0 Å². The predicted molar refractivity (Wildman–Crippen MR) is 78.4 cm³/mol. The molecule has 1 N–H and O–H groups in total. The van der Waals surface area contributed by atoms with Gasteiger partial charge in [0.25, 0.3) is 0 Å². The second-order valence-electron chi connectivity index (χ2n) is 4.94. The van der Waals surface area contributed by atoms with Gasteiger partial charge >= 0.3 is 0 Å². The Morgan fingerprint density at radius 1 is 1.33 bits per heavy atom. The summed E-state index contributed by atoms with van der Waals surface area (Å²) >= 11 is 0. The SMILES string of the molecule is O=S1(=O)CCCCN1Cc1cc(C#CCCO)ccc1F. The van der Waals surface area contributed by atoms with Crippen molar-refractivity contribution >= 4 is 10.0 Å². The van der Waals surface area contributed by atoms with Crippen LogP contribution in [0.25, 0.3) is 0 Å². The van der Waals surface area contributed by atoms with E-state index in [-0.39, 0.29) is 18.9 Å². The van der Waals surface area contributed by atoms with E-state index in [4.69, 9.17) is 5.11 Å². The van der Waals surface area contributed by atoms with Crippen LogP contribution >= 0.6 is 0 Å². The molecule has 0 unspecified atom stereocenters. The molecule has 4 nitrogen and oxygen atoms in total. The highest BCUT2D eigenvalue weighted by atomic mass is 32.2. The molecule has 0 spiro atoms. The van der Waals surface area contributed by atoms with Crippen molar-refractivity contribution in [3.63, 3.8) is 0 Å². The summed E-state index contributed by atoms with van der Waals surface area (Å²) in [6.45, 7) is 0.457. The highest BCUT2D eigenvalue weighted by Gasteiger charge is 2.26. The van der Waals surface area contributed by atoms with E-state index < -0.39 is 15.8 Å². The Morgan fingerprint density at radius 3 is 2.86 bits per heavy atom. The topological polar surface area (TPSA) is 57.6 Å². The first-order valence-corrected chi connectivity index (χ1v) is 8.50. The van der Waals surface area contributed by atoms with Crippen LogP contribution in [0, 0.1) is 17.7 Å². The largest absolute Gasteiger partial charge is 0.395 e. The van der Waals surface area contributed by atoms with Gasteiger partial charge in [0.1, 0.15) is 5.82 Å². The van der Waals surface area contributed by atoms with Crippen LogP contribution in [-0.4, -0.2) is 36.7 Å². The second kappa shape index (κ2) is 7.03. The van der Waals surface area contributed by atoms with Crippen molar-refractivity contribution in [2.24, 2.45) is 0 Å². The molecule has 0 aromatic heterocycles. The molecule has 1 aliphatic rings. The fraction of sp³-hybridized carbons (Fsp3) is 0.467. The lowest BCUT2D eigenvalue weighted by molar-refractivity contribution is 0.305. The van der Waals surface area contributed by atoms with Gasteiger partial charge in [-0.15, -0.1) is 0 Å². The molecular formula is C15H18FNO3S. The predicted octanol–water partition coefficient (Wildman–Crippen LogP) is 1.49. The van der Waals surface area contributed by atoms with Gasteiger partial charge in [-0.1, -0.05) is 11.8 Å². The Labute approximate surface area is 124 Å².